The summed E-state index contributed by atoms with van der Waals surface area (Å²) in [6.45, 7) is 1.90. The zero-order chi connectivity index (χ0) is 17.0. The second-order valence-corrected chi connectivity index (χ2v) is 9.35. The van der Waals surface area contributed by atoms with Crippen LogP contribution >= 0.6 is 11.8 Å². The lowest BCUT2D eigenvalue weighted by molar-refractivity contribution is -0.120. The summed E-state index contributed by atoms with van der Waals surface area (Å²) in [4.78, 5) is 16.5. The molecule has 8 heteroatoms. The molecule has 6 nitrogen and oxygen atoms in total. The van der Waals surface area contributed by atoms with Gasteiger partial charge in [0.25, 0.3) is 0 Å². The summed E-state index contributed by atoms with van der Waals surface area (Å²) in [6.07, 6.45) is 7.17. The number of hydrogen-bond donors (Lipinski definition) is 1. The van der Waals surface area contributed by atoms with Crippen molar-refractivity contribution in [3.05, 3.63) is 18.3 Å². The number of nitrogens with zero attached hydrogens (tertiary/aromatic N) is 2. The van der Waals surface area contributed by atoms with Gasteiger partial charge in [-0.3, -0.25) is 4.79 Å². The number of hydrogen-bond acceptors (Lipinski definition) is 5. The molecule has 1 atom stereocenters. The summed E-state index contributed by atoms with van der Waals surface area (Å²) in [5, 5.41) is 3.44. The fraction of sp³-hybridized carbons (Fsp3) is 0.625. The van der Waals surface area contributed by atoms with Crippen molar-refractivity contribution in [2.24, 2.45) is 0 Å². The second kappa shape index (κ2) is 7.84. The van der Waals surface area contributed by atoms with Gasteiger partial charge in [0, 0.05) is 25.8 Å². The molecule has 0 aliphatic carbocycles. The highest BCUT2D eigenvalue weighted by Crippen LogP contribution is 2.28. The Labute approximate surface area is 147 Å². The number of thioether (sulfide) groups is 1. The van der Waals surface area contributed by atoms with Gasteiger partial charge < -0.3 is 5.32 Å². The molecule has 1 aromatic rings. The van der Waals surface area contributed by atoms with Crippen molar-refractivity contribution >= 4 is 27.7 Å². The maximum absolute atomic E-state index is 12.6. The van der Waals surface area contributed by atoms with Crippen molar-refractivity contribution in [2.45, 2.75) is 53.7 Å². The van der Waals surface area contributed by atoms with Crippen molar-refractivity contribution < 1.29 is 13.2 Å². The van der Waals surface area contributed by atoms with Gasteiger partial charge in [0.15, 0.2) is 0 Å². The molecule has 0 spiro atoms. The minimum Gasteiger partial charge on any atom is -0.355 e. The number of nitrogens with one attached hydrogen (secondary N) is 1. The Balaban J connectivity index is 1.69. The van der Waals surface area contributed by atoms with Crippen LogP contribution in [-0.4, -0.2) is 48.5 Å². The molecule has 2 fully saturated rings. The smallest absolute Gasteiger partial charge is 0.244 e. The third kappa shape index (κ3) is 4.10. The monoisotopic (exact) mass is 369 g/mol. The summed E-state index contributed by atoms with van der Waals surface area (Å²) >= 11 is 1.41. The summed E-state index contributed by atoms with van der Waals surface area (Å²) in [5.74, 6) is 0.0457. The zero-order valence-corrected chi connectivity index (χ0v) is 15.2. The van der Waals surface area contributed by atoms with E-state index in [0.29, 0.717) is 18.1 Å². The van der Waals surface area contributed by atoms with E-state index in [-0.39, 0.29) is 16.1 Å². The molecule has 24 heavy (non-hydrogen) atoms. The fourth-order valence-electron chi connectivity index (χ4n) is 3.01. The maximum atomic E-state index is 12.6. The Hall–Kier alpha value is -1.12. The van der Waals surface area contributed by atoms with Crippen molar-refractivity contribution in [2.75, 3.05) is 19.6 Å². The number of pyridine rings is 1. The highest BCUT2D eigenvalue weighted by Gasteiger charge is 2.27. The molecule has 0 saturated carbocycles. The number of carbonyl (C=O) groups excluding carboxylic acids is 1. The van der Waals surface area contributed by atoms with Crippen LogP contribution in [-0.2, 0) is 14.8 Å². The summed E-state index contributed by atoms with van der Waals surface area (Å²) in [6, 6.07) is 3.31. The van der Waals surface area contributed by atoms with Gasteiger partial charge in [-0.15, -0.1) is 0 Å². The van der Waals surface area contributed by atoms with Crippen molar-refractivity contribution in [3.63, 3.8) is 0 Å². The van der Waals surface area contributed by atoms with Gasteiger partial charge >= 0.3 is 0 Å². The minimum absolute atomic E-state index is 0.0457. The van der Waals surface area contributed by atoms with Gasteiger partial charge in [-0.25, -0.2) is 13.4 Å². The standard InChI is InChI=1S/C16H23N3O3S2/c20-16-14(6-2-3-9-17-16)23-15-8-7-13(12-18-15)24(21,22)19-10-4-1-5-11-19/h7-8,12,14H,1-6,9-11H2,(H,17,20). The molecule has 3 rings (SSSR count). The van der Waals surface area contributed by atoms with Crippen LogP contribution in [0.2, 0.25) is 0 Å². The van der Waals surface area contributed by atoms with Gasteiger partial charge in [-0.05, 0) is 37.8 Å². The van der Waals surface area contributed by atoms with Crippen LogP contribution in [0.1, 0.15) is 38.5 Å². The van der Waals surface area contributed by atoms with Gasteiger partial charge in [0.2, 0.25) is 15.9 Å². The zero-order valence-electron chi connectivity index (χ0n) is 13.6. The van der Waals surface area contributed by atoms with Crippen LogP contribution in [0.25, 0.3) is 0 Å². The molecular formula is C16H23N3O3S2. The first-order chi connectivity index (χ1) is 11.6. The van der Waals surface area contributed by atoms with Crippen molar-refractivity contribution in [3.8, 4) is 0 Å². The Kier molecular flexibility index (Phi) is 5.78. The fourth-order valence-corrected chi connectivity index (χ4v) is 5.50. The molecule has 1 unspecified atom stereocenters. The molecule has 1 N–H and O–H groups in total. The van der Waals surface area contributed by atoms with E-state index in [2.05, 4.69) is 10.3 Å². The van der Waals surface area contributed by atoms with Crippen LogP contribution in [0.3, 0.4) is 0 Å². The van der Waals surface area contributed by atoms with E-state index in [1.165, 1.54) is 18.0 Å². The maximum Gasteiger partial charge on any atom is 0.244 e. The van der Waals surface area contributed by atoms with Crippen LogP contribution < -0.4 is 5.32 Å². The summed E-state index contributed by atoms with van der Waals surface area (Å²) < 4.78 is 26.7. The van der Waals surface area contributed by atoms with Gasteiger partial charge in [-0.1, -0.05) is 24.6 Å². The first-order valence-corrected chi connectivity index (χ1v) is 10.8. The van der Waals surface area contributed by atoms with Gasteiger partial charge in [0.05, 0.1) is 10.3 Å². The van der Waals surface area contributed by atoms with Crippen molar-refractivity contribution in [1.82, 2.24) is 14.6 Å². The predicted molar refractivity (Wildman–Crippen MR) is 93.4 cm³/mol. The van der Waals surface area contributed by atoms with Crippen LogP contribution in [0, 0.1) is 0 Å². The molecule has 2 saturated heterocycles. The second-order valence-electron chi connectivity index (χ2n) is 6.19. The number of rotatable bonds is 4. The highest BCUT2D eigenvalue weighted by molar-refractivity contribution is 8.00. The summed E-state index contributed by atoms with van der Waals surface area (Å²) in [5.41, 5.74) is 0. The lowest BCUT2D eigenvalue weighted by Gasteiger charge is -2.25. The van der Waals surface area contributed by atoms with E-state index >= 15 is 0 Å². The third-order valence-electron chi connectivity index (χ3n) is 4.41. The van der Waals surface area contributed by atoms with Gasteiger partial charge in [0.1, 0.15) is 4.90 Å². The van der Waals surface area contributed by atoms with E-state index in [4.69, 9.17) is 0 Å². The lowest BCUT2D eigenvalue weighted by atomic mass is 10.2. The molecule has 132 valence electrons. The number of carbonyl (C=O) groups is 1. The van der Waals surface area contributed by atoms with Crippen molar-refractivity contribution in [1.29, 1.82) is 0 Å². The largest absolute Gasteiger partial charge is 0.355 e. The molecule has 2 aliphatic heterocycles. The molecule has 0 aromatic carbocycles. The Morgan fingerprint density at radius 1 is 1.12 bits per heavy atom. The number of sulfonamides is 1. The normalized spacial score (nSPS) is 23.5. The third-order valence-corrected chi connectivity index (χ3v) is 7.51. The lowest BCUT2D eigenvalue weighted by Crippen LogP contribution is -2.35. The molecule has 1 aromatic heterocycles. The van der Waals surface area contributed by atoms with Crippen LogP contribution in [0.15, 0.2) is 28.3 Å². The Morgan fingerprint density at radius 3 is 2.62 bits per heavy atom. The molecule has 3 heterocycles. The Bertz CT molecular complexity index is 670. The molecule has 0 bridgehead atoms. The summed E-state index contributed by atoms with van der Waals surface area (Å²) in [7, 11) is -3.45. The van der Waals surface area contributed by atoms with E-state index in [1.807, 2.05) is 0 Å². The van der Waals surface area contributed by atoms with E-state index < -0.39 is 10.0 Å². The average molecular weight is 370 g/mol. The van der Waals surface area contributed by atoms with Gasteiger partial charge in [-0.2, -0.15) is 4.31 Å². The first-order valence-electron chi connectivity index (χ1n) is 8.48. The number of amides is 1. The highest BCUT2D eigenvalue weighted by atomic mass is 32.2. The van der Waals surface area contributed by atoms with Crippen LogP contribution in [0.5, 0.6) is 0 Å². The van der Waals surface area contributed by atoms with E-state index in [1.54, 1.807) is 16.4 Å². The first kappa shape index (κ1) is 17.7. The molecular weight excluding hydrogens is 346 g/mol. The molecule has 2 aliphatic rings. The number of piperidine rings is 1. The molecule has 0 radical (unpaired) electrons. The quantitative estimate of drug-likeness (QED) is 0.878. The Morgan fingerprint density at radius 2 is 1.92 bits per heavy atom. The number of aromatic nitrogens is 1. The van der Waals surface area contributed by atoms with E-state index in [9.17, 15) is 13.2 Å². The topological polar surface area (TPSA) is 79.4 Å². The minimum atomic E-state index is -3.45. The van der Waals surface area contributed by atoms with Crippen LogP contribution in [0.4, 0.5) is 0 Å². The molecule has 1 amide bonds. The average Bonchev–Trinajstić information content (AvgIpc) is 2.81. The predicted octanol–water partition coefficient (Wildman–Crippen LogP) is 2.02. The SMILES string of the molecule is O=C1NCCCCC1Sc1ccc(S(=O)(=O)N2CCCCC2)cn1. The van der Waals surface area contributed by atoms with E-state index in [0.717, 1.165) is 45.1 Å².